The van der Waals surface area contributed by atoms with Gasteiger partial charge in [0.25, 0.3) is 0 Å². The highest BCUT2D eigenvalue weighted by molar-refractivity contribution is 5.75. The van der Waals surface area contributed by atoms with Gasteiger partial charge in [-0.15, -0.1) is 0 Å². The first kappa shape index (κ1) is 41.3. The van der Waals surface area contributed by atoms with E-state index in [0.29, 0.717) is 32.7 Å². The fraction of sp³-hybridized carbons (Fsp3) is 0.972. The number of carbonyl (C=O) groups is 1. The molecular formula is C36H74N2O4. The minimum Gasteiger partial charge on any atom is -0.394 e. The lowest BCUT2D eigenvalue weighted by Gasteiger charge is -2.24. The fourth-order valence-corrected chi connectivity index (χ4v) is 5.53. The summed E-state index contributed by atoms with van der Waals surface area (Å²) in [5, 5.41) is 22.2. The highest BCUT2D eigenvalue weighted by atomic mass is 16.5. The standard InChI is InChI=1S/C36H74N2O4/c1-4-5-6-7-8-17-20-23-30-42-31-24-28-38(32-35(40)33-39)29-27-37-36(41)26-22-19-16-14-12-10-9-11-13-15-18-21-25-34(2)3/h34-35,39-40H,4-33H2,1-3H3,(H,37,41). The minimum atomic E-state index is -0.751. The Kier molecular flexibility index (Phi) is 32.7. The number of nitrogens with zero attached hydrogens (tertiary/aromatic N) is 1. The quantitative estimate of drug-likeness (QED) is 0.0648. The van der Waals surface area contributed by atoms with Crippen molar-refractivity contribution in [3.8, 4) is 0 Å². The number of rotatable bonds is 34. The number of unbranched alkanes of at least 4 members (excludes halogenated alkanes) is 18. The van der Waals surface area contributed by atoms with Crippen LogP contribution >= 0.6 is 0 Å². The summed E-state index contributed by atoms with van der Waals surface area (Å²) >= 11 is 0. The van der Waals surface area contributed by atoms with E-state index in [0.717, 1.165) is 44.8 Å². The monoisotopic (exact) mass is 599 g/mol. The third-order valence-electron chi connectivity index (χ3n) is 8.27. The summed E-state index contributed by atoms with van der Waals surface area (Å²) in [4.78, 5) is 14.4. The number of amides is 1. The number of hydrogen-bond donors (Lipinski definition) is 3. The van der Waals surface area contributed by atoms with Gasteiger partial charge in [0.1, 0.15) is 0 Å². The van der Waals surface area contributed by atoms with Gasteiger partial charge in [0.05, 0.1) is 12.7 Å². The maximum atomic E-state index is 12.3. The molecule has 1 amide bonds. The Morgan fingerprint density at radius 2 is 1.19 bits per heavy atom. The van der Waals surface area contributed by atoms with Crippen LogP contribution in [0.3, 0.4) is 0 Å². The molecule has 0 aliphatic carbocycles. The molecule has 42 heavy (non-hydrogen) atoms. The molecule has 0 aromatic carbocycles. The van der Waals surface area contributed by atoms with E-state index in [-0.39, 0.29) is 12.5 Å². The number of hydrogen-bond acceptors (Lipinski definition) is 5. The molecule has 0 fully saturated rings. The van der Waals surface area contributed by atoms with Crippen LogP contribution < -0.4 is 5.32 Å². The minimum absolute atomic E-state index is 0.125. The molecule has 0 aromatic rings. The molecule has 1 unspecified atom stereocenters. The van der Waals surface area contributed by atoms with Crippen molar-refractivity contribution in [2.75, 3.05) is 46.0 Å². The van der Waals surface area contributed by atoms with Crippen molar-refractivity contribution in [3.05, 3.63) is 0 Å². The maximum absolute atomic E-state index is 12.3. The first-order valence-corrected chi connectivity index (χ1v) is 18.3. The van der Waals surface area contributed by atoms with Crippen LogP contribution in [0.5, 0.6) is 0 Å². The normalized spacial score (nSPS) is 12.5. The lowest BCUT2D eigenvalue weighted by atomic mass is 10.0. The molecule has 0 aliphatic heterocycles. The van der Waals surface area contributed by atoms with E-state index < -0.39 is 6.10 Å². The molecular weight excluding hydrogens is 524 g/mol. The summed E-state index contributed by atoms with van der Waals surface area (Å²) in [5.74, 6) is 0.976. The third kappa shape index (κ3) is 32.2. The van der Waals surface area contributed by atoms with Gasteiger partial charge in [0.2, 0.25) is 5.91 Å². The van der Waals surface area contributed by atoms with E-state index in [2.05, 4.69) is 31.0 Å². The summed E-state index contributed by atoms with van der Waals surface area (Å²) in [7, 11) is 0. The van der Waals surface area contributed by atoms with Gasteiger partial charge in [-0.3, -0.25) is 9.69 Å². The van der Waals surface area contributed by atoms with Gasteiger partial charge < -0.3 is 20.3 Å². The van der Waals surface area contributed by atoms with Crippen molar-refractivity contribution >= 4 is 5.91 Å². The molecule has 3 N–H and O–H groups in total. The SMILES string of the molecule is CCCCCCCCCCOCCCN(CCNC(=O)CCCCCCCCCCCCCCC(C)C)CC(O)CO. The van der Waals surface area contributed by atoms with Crippen LogP contribution in [0.4, 0.5) is 0 Å². The molecule has 6 nitrogen and oxygen atoms in total. The van der Waals surface area contributed by atoms with Gasteiger partial charge in [0.15, 0.2) is 0 Å². The van der Waals surface area contributed by atoms with Crippen LogP contribution in [-0.2, 0) is 9.53 Å². The molecule has 0 bridgehead atoms. The molecule has 6 heteroatoms. The van der Waals surface area contributed by atoms with Crippen LogP contribution in [-0.4, -0.2) is 73.1 Å². The second-order valence-corrected chi connectivity index (χ2v) is 13.1. The van der Waals surface area contributed by atoms with E-state index >= 15 is 0 Å². The third-order valence-corrected chi connectivity index (χ3v) is 8.27. The van der Waals surface area contributed by atoms with Crippen LogP contribution in [0, 0.1) is 5.92 Å². The average molecular weight is 599 g/mol. The number of carbonyl (C=O) groups excluding carboxylic acids is 1. The molecule has 0 spiro atoms. The molecule has 0 aliphatic rings. The first-order valence-electron chi connectivity index (χ1n) is 18.3. The van der Waals surface area contributed by atoms with Crippen molar-refractivity contribution in [1.82, 2.24) is 10.2 Å². The Hall–Kier alpha value is -0.690. The molecule has 0 heterocycles. The average Bonchev–Trinajstić information content (AvgIpc) is 2.97. The lowest BCUT2D eigenvalue weighted by molar-refractivity contribution is -0.121. The zero-order valence-electron chi connectivity index (χ0n) is 28.5. The Balaban J connectivity index is 3.68. The molecule has 0 rings (SSSR count). The van der Waals surface area contributed by atoms with Crippen molar-refractivity contribution in [3.63, 3.8) is 0 Å². The number of nitrogens with one attached hydrogen (secondary N) is 1. The molecule has 0 saturated carbocycles. The van der Waals surface area contributed by atoms with Gasteiger partial charge in [-0.2, -0.15) is 0 Å². The molecule has 0 saturated heterocycles. The highest BCUT2D eigenvalue weighted by Crippen LogP contribution is 2.14. The summed E-state index contributed by atoms with van der Waals surface area (Å²) in [5.41, 5.74) is 0. The molecule has 252 valence electrons. The van der Waals surface area contributed by atoms with Crippen molar-refractivity contribution in [1.29, 1.82) is 0 Å². The smallest absolute Gasteiger partial charge is 0.220 e. The molecule has 0 aromatic heterocycles. The van der Waals surface area contributed by atoms with E-state index in [1.54, 1.807) is 0 Å². The number of aliphatic hydroxyl groups is 2. The van der Waals surface area contributed by atoms with Crippen LogP contribution in [0.15, 0.2) is 0 Å². The van der Waals surface area contributed by atoms with Crippen molar-refractivity contribution in [2.45, 2.75) is 175 Å². The van der Waals surface area contributed by atoms with Gasteiger partial charge in [-0.05, 0) is 25.2 Å². The Morgan fingerprint density at radius 1 is 0.690 bits per heavy atom. The van der Waals surface area contributed by atoms with Crippen LogP contribution in [0.2, 0.25) is 0 Å². The molecule has 1 atom stereocenters. The second kappa shape index (κ2) is 33.2. The van der Waals surface area contributed by atoms with E-state index in [1.165, 1.54) is 116 Å². The zero-order valence-corrected chi connectivity index (χ0v) is 28.5. The fourth-order valence-electron chi connectivity index (χ4n) is 5.53. The van der Waals surface area contributed by atoms with Gasteiger partial charge in [0, 0.05) is 45.8 Å². The van der Waals surface area contributed by atoms with E-state index in [4.69, 9.17) is 4.74 Å². The maximum Gasteiger partial charge on any atom is 0.220 e. The van der Waals surface area contributed by atoms with Gasteiger partial charge in [-0.25, -0.2) is 0 Å². The van der Waals surface area contributed by atoms with E-state index in [9.17, 15) is 15.0 Å². The van der Waals surface area contributed by atoms with Gasteiger partial charge in [-0.1, -0.05) is 143 Å². The Labute approximate surface area is 262 Å². The van der Waals surface area contributed by atoms with E-state index in [1.807, 2.05) is 0 Å². The summed E-state index contributed by atoms with van der Waals surface area (Å²) in [6, 6.07) is 0. The highest BCUT2D eigenvalue weighted by Gasteiger charge is 2.11. The summed E-state index contributed by atoms with van der Waals surface area (Å²) in [6.07, 6.45) is 28.3. The van der Waals surface area contributed by atoms with Crippen molar-refractivity contribution < 1.29 is 19.7 Å². The second-order valence-electron chi connectivity index (χ2n) is 13.1. The topological polar surface area (TPSA) is 82.0 Å². The van der Waals surface area contributed by atoms with Gasteiger partial charge >= 0.3 is 0 Å². The predicted molar refractivity (Wildman–Crippen MR) is 180 cm³/mol. The Morgan fingerprint density at radius 3 is 1.74 bits per heavy atom. The lowest BCUT2D eigenvalue weighted by Crippen LogP contribution is -2.40. The predicted octanol–water partition coefficient (Wildman–Crippen LogP) is 8.42. The summed E-state index contributed by atoms with van der Waals surface area (Å²) < 4.78 is 5.81. The van der Waals surface area contributed by atoms with Crippen LogP contribution in [0.25, 0.3) is 0 Å². The Bertz CT molecular complexity index is 546. The largest absolute Gasteiger partial charge is 0.394 e. The molecule has 0 radical (unpaired) electrons. The first-order chi connectivity index (χ1) is 20.5. The number of aliphatic hydroxyl groups excluding tert-OH is 2. The zero-order chi connectivity index (χ0) is 30.9. The summed E-state index contributed by atoms with van der Waals surface area (Å²) in [6.45, 7) is 10.7. The van der Waals surface area contributed by atoms with Crippen molar-refractivity contribution in [2.24, 2.45) is 5.92 Å². The number of ether oxygens (including phenoxy) is 1. The van der Waals surface area contributed by atoms with Crippen LogP contribution in [0.1, 0.15) is 168 Å².